The van der Waals surface area contributed by atoms with Crippen LogP contribution in [0.5, 0.6) is 0 Å². The van der Waals surface area contributed by atoms with Gasteiger partial charge in [-0.05, 0) is 56.3 Å². The molecule has 28 heavy (non-hydrogen) atoms. The first kappa shape index (κ1) is 20.3. The molecule has 4 saturated carbocycles. The Kier molecular flexibility index (Phi) is 4.36. The second kappa shape index (κ2) is 6.01. The molecule has 0 aromatic carbocycles. The minimum Gasteiger partial charge on any atom is -0.461 e. The molecule has 0 N–H and O–H groups in total. The van der Waals surface area contributed by atoms with Crippen LogP contribution >= 0.6 is 0 Å². The maximum absolute atomic E-state index is 13.9. The van der Waals surface area contributed by atoms with Gasteiger partial charge < -0.3 is 9.47 Å². The van der Waals surface area contributed by atoms with E-state index in [4.69, 9.17) is 9.47 Å². The number of carbonyl (C=O) groups excluding carboxylic acids is 1. The average molecular weight is 414 g/mol. The third kappa shape index (κ3) is 3.03. The van der Waals surface area contributed by atoms with E-state index in [-0.39, 0.29) is 30.8 Å². The number of halogens is 6. The predicted molar refractivity (Wildman–Crippen MR) is 85.4 cm³/mol. The van der Waals surface area contributed by atoms with E-state index in [1.807, 2.05) is 0 Å². The van der Waals surface area contributed by atoms with Crippen LogP contribution in [0.25, 0.3) is 0 Å². The van der Waals surface area contributed by atoms with E-state index in [1.54, 1.807) is 0 Å². The molecule has 0 aromatic heterocycles. The Morgan fingerprint density at radius 1 is 1.04 bits per heavy atom. The Morgan fingerprint density at radius 2 is 1.64 bits per heavy atom. The summed E-state index contributed by atoms with van der Waals surface area (Å²) in [6.45, 7) is -0.980. The van der Waals surface area contributed by atoms with E-state index < -0.39 is 47.8 Å². The highest BCUT2D eigenvalue weighted by Crippen LogP contribution is 2.67. The van der Waals surface area contributed by atoms with Crippen LogP contribution in [0, 0.1) is 23.2 Å². The highest BCUT2D eigenvalue weighted by Gasteiger charge is 2.67. The summed E-state index contributed by atoms with van der Waals surface area (Å²) in [5.41, 5.74) is -1.52. The maximum atomic E-state index is 13.9. The van der Waals surface area contributed by atoms with Crippen molar-refractivity contribution >= 4 is 5.97 Å². The van der Waals surface area contributed by atoms with Gasteiger partial charge in [-0.25, -0.2) is 4.79 Å². The van der Waals surface area contributed by atoms with E-state index in [1.165, 1.54) is 0 Å². The fourth-order valence-electron chi connectivity index (χ4n) is 6.32. The molecule has 1 aliphatic heterocycles. The molecule has 1 saturated heterocycles. The van der Waals surface area contributed by atoms with Gasteiger partial charge in [-0.2, -0.15) is 26.3 Å². The zero-order valence-electron chi connectivity index (χ0n) is 15.6. The molecule has 1 heterocycles. The quantitative estimate of drug-likeness (QED) is 0.490. The van der Waals surface area contributed by atoms with Gasteiger partial charge in [-0.1, -0.05) is 0 Å². The summed E-state index contributed by atoms with van der Waals surface area (Å²) in [6.07, 6.45) is 1.94. The van der Waals surface area contributed by atoms with E-state index in [0.717, 1.165) is 0 Å². The van der Waals surface area contributed by atoms with Crippen molar-refractivity contribution in [2.24, 2.45) is 23.2 Å². The molecule has 4 bridgehead atoms. The second-order valence-corrected chi connectivity index (χ2v) is 9.46. The number of alkyl halides is 6. The summed E-state index contributed by atoms with van der Waals surface area (Å²) in [5.74, 6) is -13.6. The predicted octanol–water partition coefficient (Wildman–Crippen LogP) is 4.83. The van der Waals surface area contributed by atoms with Crippen LogP contribution < -0.4 is 0 Å². The van der Waals surface area contributed by atoms with Crippen molar-refractivity contribution in [1.82, 2.24) is 0 Å². The molecule has 2 atom stereocenters. The minimum absolute atomic E-state index is 0.138. The van der Waals surface area contributed by atoms with Crippen LogP contribution in [0.1, 0.15) is 51.9 Å². The first-order valence-corrected chi connectivity index (χ1v) is 9.73. The second-order valence-electron chi connectivity index (χ2n) is 9.46. The standard InChI is InChI=1S/C19H24F6O3/c1-15(20,21)14(26)27-9-16-6-11-4-12(7-16)17(13(5-11)8-16)2-3-18(22,23)19(24,25)10-28-17/h11-13H,2-10H2,1H3. The Labute approximate surface area is 159 Å². The lowest BCUT2D eigenvalue weighted by Gasteiger charge is -2.64. The van der Waals surface area contributed by atoms with Gasteiger partial charge in [0, 0.05) is 18.8 Å². The third-order valence-electron chi connectivity index (χ3n) is 7.45. The summed E-state index contributed by atoms with van der Waals surface area (Å²) in [6, 6.07) is 0. The molecule has 1 spiro atoms. The van der Waals surface area contributed by atoms with Crippen LogP contribution in [0.15, 0.2) is 0 Å². The number of hydrogen-bond acceptors (Lipinski definition) is 3. The zero-order valence-corrected chi connectivity index (χ0v) is 15.6. The fraction of sp³-hybridized carbons (Fsp3) is 0.947. The van der Waals surface area contributed by atoms with Gasteiger partial charge in [0.25, 0.3) is 0 Å². The average Bonchev–Trinajstić information content (AvgIpc) is 2.66. The smallest absolute Gasteiger partial charge is 0.376 e. The minimum atomic E-state index is -4.20. The van der Waals surface area contributed by atoms with Crippen molar-refractivity contribution in [2.75, 3.05) is 13.2 Å². The van der Waals surface area contributed by atoms with E-state index in [2.05, 4.69) is 0 Å². The van der Waals surface area contributed by atoms with Crippen LogP contribution in [-0.2, 0) is 14.3 Å². The van der Waals surface area contributed by atoms with Crippen molar-refractivity contribution in [1.29, 1.82) is 0 Å². The zero-order chi connectivity index (χ0) is 20.6. The molecule has 2 unspecified atom stereocenters. The summed E-state index contributed by atoms with van der Waals surface area (Å²) in [7, 11) is 0. The monoisotopic (exact) mass is 414 g/mol. The number of rotatable bonds is 3. The van der Waals surface area contributed by atoms with Crippen LogP contribution in [0.2, 0.25) is 0 Å². The highest BCUT2D eigenvalue weighted by molar-refractivity contribution is 5.76. The van der Waals surface area contributed by atoms with Gasteiger partial charge >= 0.3 is 23.7 Å². The molecule has 5 fully saturated rings. The van der Waals surface area contributed by atoms with E-state index >= 15 is 0 Å². The Bertz CT molecular complexity index is 623. The van der Waals surface area contributed by atoms with Gasteiger partial charge in [0.05, 0.1) is 12.2 Å². The van der Waals surface area contributed by atoms with Gasteiger partial charge in [0.2, 0.25) is 0 Å². The van der Waals surface area contributed by atoms with E-state index in [0.29, 0.717) is 39.0 Å². The molecule has 3 nitrogen and oxygen atoms in total. The molecule has 160 valence electrons. The van der Waals surface area contributed by atoms with Crippen molar-refractivity contribution in [3.05, 3.63) is 0 Å². The number of carbonyl (C=O) groups is 1. The van der Waals surface area contributed by atoms with Gasteiger partial charge in [-0.15, -0.1) is 0 Å². The summed E-state index contributed by atoms with van der Waals surface area (Å²) >= 11 is 0. The summed E-state index contributed by atoms with van der Waals surface area (Å²) in [4.78, 5) is 11.5. The van der Waals surface area contributed by atoms with Gasteiger partial charge in [0.15, 0.2) is 0 Å². The van der Waals surface area contributed by atoms with Crippen molar-refractivity contribution in [3.8, 4) is 0 Å². The number of hydrogen-bond donors (Lipinski definition) is 0. The first-order valence-electron chi connectivity index (χ1n) is 9.73. The van der Waals surface area contributed by atoms with Crippen LogP contribution in [0.3, 0.4) is 0 Å². The number of esters is 1. The highest BCUT2D eigenvalue weighted by atomic mass is 19.3. The van der Waals surface area contributed by atoms with Gasteiger partial charge in [0.1, 0.15) is 6.61 Å². The topological polar surface area (TPSA) is 35.5 Å². The maximum Gasteiger partial charge on any atom is 0.376 e. The molecule has 0 radical (unpaired) electrons. The fourth-order valence-corrected chi connectivity index (χ4v) is 6.32. The van der Waals surface area contributed by atoms with Gasteiger partial charge in [-0.3, -0.25) is 0 Å². The number of ether oxygens (including phenoxy) is 2. The lowest BCUT2D eigenvalue weighted by molar-refractivity contribution is -0.263. The first-order chi connectivity index (χ1) is 12.8. The lowest BCUT2D eigenvalue weighted by Crippen LogP contribution is -2.63. The summed E-state index contributed by atoms with van der Waals surface area (Å²) in [5, 5.41) is 0. The van der Waals surface area contributed by atoms with Crippen LogP contribution in [-0.4, -0.2) is 42.6 Å². The molecule has 0 aromatic rings. The Hall–Kier alpha value is -0.990. The van der Waals surface area contributed by atoms with Crippen LogP contribution in [0.4, 0.5) is 26.3 Å². The van der Waals surface area contributed by atoms with E-state index in [9.17, 15) is 31.1 Å². The normalized spacial score (nSPS) is 43.8. The van der Waals surface area contributed by atoms with Crippen molar-refractivity contribution < 1.29 is 40.6 Å². The molecule has 9 heteroatoms. The Morgan fingerprint density at radius 3 is 2.21 bits per heavy atom. The lowest BCUT2D eigenvalue weighted by atomic mass is 9.44. The molecular formula is C19H24F6O3. The SMILES string of the molecule is CC(F)(F)C(=O)OCC12CC3CC(C1)C1(CCC(F)(F)C(F)(F)CO1)C(C3)C2. The largest absolute Gasteiger partial charge is 0.461 e. The molecule has 0 amide bonds. The molecular weight excluding hydrogens is 390 g/mol. The summed E-state index contributed by atoms with van der Waals surface area (Å²) < 4.78 is 92.1. The molecule has 4 aliphatic carbocycles. The van der Waals surface area contributed by atoms with Crippen molar-refractivity contribution in [3.63, 3.8) is 0 Å². The van der Waals surface area contributed by atoms with Crippen molar-refractivity contribution in [2.45, 2.75) is 75.2 Å². The molecule has 5 rings (SSSR count). The molecule has 5 aliphatic rings. The Balaban J connectivity index is 1.53. The third-order valence-corrected chi connectivity index (χ3v) is 7.45.